The lowest BCUT2D eigenvalue weighted by atomic mass is 9.78. The Morgan fingerprint density at radius 3 is 2.80 bits per heavy atom. The third-order valence-electron chi connectivity index (χ3n) is 3.74. The molecule has 4 nitrogen and oxygen atoms in total. The monoisotopic (exact) mass is 277 g/mol. The van der Waals surface area contributed by atoms with Crippen molar-refractivity contribution in [2.45, 2.75) is 38.7 Å². The van der Waals surface area contributed by atoms with E-state index in [0.29, 0.717) is 17.1 Å². The summed E-state index contributed by atoms with van der Waals surface area (Å²) in [6, 6.07) is 1.69. The van der Waals surface area contributed by atoms with Crippen LogP contribution in [0.25, 0.3) is 0 Å². The van der Waals surface area contributed by atoms with E-state index in [2.05, 4.69) is 12.5 Å². The summed E-state index contributed by atoms with van der Waals surface area (Å²) in [5.74, 6) is 0.702. The minimum atomic E-state index is -0.940. The lowest BCUT2D eigenvalue weighted by Crippen LogP contribution is -2.33. The normalized spacial score (nSPS) is 19.8. The van der Waals surface area contributed by atoms with Gasteiger partial charge in [0.05, 0.1) is 37.0 Å². The van der Waals surface area contributed by atoms with Crippen LogP contribution in [0.15, 0.2) is 22.6 Å². The first-order valence-electron chi connectivity index (χ1n) is 6.75. The van der Waals surface area contributed by atoms with Gasteiger partial charge in [-0.05, 0) is 26.8 Å². The highest BCUT2D eigenvalue weighted by molar-refractivity contribution is 5.90. The number of methoxy groups -OCH3 is 1. The van der Waals surface area contributed by atoms with Crippen LogP contribution in [0.2, 0.25) is 0 Å². The average molecular weight is 277 g/mol. The zero-order valence-corrected chi connectivity index (χ0v) is 12.3. The molecule has 1 aromatic heterocycles. The number of furan rings is 1. The fourth-order valence-electron chi connectivity index (χ4n) is 2.84. The van der Waals surface area contributed by atoms with Gasteiger partial charge in [-0.3, -0.25) is 0 Å². The predicted molar refractivity (Wildman–Crippen MR) is 75.4 cm³/mol. The third kappa shape index (κ3) is 2.75. The van der Waals surface area contributed by atoms with Crippen LogP contribution in [-0.2, 0) is 4.74 Å². The van der Waals surface area contributed by atoms with E-state index >= 15 is 0 Å². The van der Waals surface area contributed by atoms with E-state index in [1.165, 1.54) is 7.11 Å². The standard InChI is InChI=1S/C16H21O4/c1-10-12(15(17)19-4)9-13(20-10)14(16(2,3)18)11-7-5-6-8-11/h5-7,9,11,14,18H,8H2,1-4H3/q+1. The van der Waals surface area contributed by atoms with Crippen LogP contribution in [0.4, 0.5) is 0 Å². The molecule has 2 unspecified atom stereocenters. The second-order valence-electron chi connectivity index (χ2n) is 5.76. The molecule has 1 aromatic rings. The smallest absolute Gasteiger partial charge is 0.341 e. The minimum Gasteiger partial charge on any atom is -0.465 e. The van der Waals surface area contributed by atoms with Gasteiger partial charge in [-0.15, -0.1) is 0 Å². The first-order chi connectivity index (χ1) is 9.34. The zero-order chi connectivity index (χ0) is 14.9. The Hall–Kier alpha value is -1.68. The molecule has 1 aliphatic carbocycles. The highest BCUT2D eigenvalue weighted by Crippen LogP contribution is 2.41. The first kappa shape index (κ1) is 14.7. The number of carbonyl (C=O) groups excluding carboxylic acids is 1. The van der Waals surface area contributed by atoms with Crippen LogP contribution in [0.1, 0.15) is 48.1 Å². The number of allylic oxidation sites excluding steroid dienone is 2. The molecule has 1 heterocycles. The van der Waals surface area contributed by atoms with Crippen molar-refractivity contribution >= 4 is 5.97 Å². The van der Waals surface area contributed by atoms with Gasteiger partial charge in [0, 0.05) is 12.5 Å². The molecule has 0 radical (unpaired) electrons. The van der Waals surface area contributed by atoms with Gasteiger partial charge in [0.25, 0.3) is 0 Å². The fourth-order valence-corrected chi connectivity index (χ4v) is 2.84. The number of aliphatic hydroxyl groups is 1. The summed E-state index contributed by atoms with van der Waals surface area (Å²) < 4.78 is 10.5. The van der Waals surface area contributed by atoms with Gasteiger partial charge in [0.1, 0.15) is 17.1 Å². The Kier molecular flexibility index (Phi) is 3.95. The Labute approximate surface area is 119 Å². The molecule has 2 atom stereocenters. The SMILES string of the molecule is COC(=O)c1cc(C(C2C=C[CH+]C2)C(C)(C)O)oc1C. The summed E-state index contributed by atoms with van der Waals surface area (Å²) in [4.78, 5) is 11.7. The Bertz CT molecular complexity index is 519. The maximum Gasteiger partial charge on any atom is 0.341 e. The fraction of sp³-hybridized carbons (Fsp3) is 0.500. The molecule has 108 valence electrons. The molecule has 0 bridgehead atoms. The highest BCUT2D eigenvalue weighted by atomic mass is 16.5. The molecule has 2 rings (SSSR count). The molecule has 0 saturated heterocycles. The van der Waals surface area contributed by atoms with Gasteiger partial charge in [-0.1, -0.05) is 0 Å². The summed E-state index contributed by atoms with van der Waals surface area (Å²) in [7, 11) is 1.34. The van der Waals surface area contributed by atoms with Crippen molar-refractivity contribution in [1.82, 2.24) is 0 Å². The van der Waals surface area contributed by atoms with E-state index < -0.39 is 11.6 Å². The summed E-state index contributed by atoms with van der Waals surface area (Å²) in [6.45, 7) is 5.26. The molecular formula is C16H21O4+. The average Bonchev–Trinajstić information content (AvgIpc) is 2.97. The molecule has 0 spiro atoms. The second kappa shape index (κ2) is 5.37. The van der Waals surface area contributed by atoms with Crippen LogP contribution in [0, 0.1) is 19.3 Å². The number of esters is 1. The number of carbonyl (C=O) groups is 1. The molecule has 0 saturated carbocycles. The third-order valence-corrected chi connectivity index (χ3v) is 3.74. The topological polar surface area (TPSA) is 59.7 Å². The van der Waals surface area contributed by atoms with E-state index in [0.717, 1.165) is 6.42 Å². The lowest BCUT2D eigenvalue weighted by molar-refractivity contribution is 0.0272. The molecule has 0 aromatic carbocycles. The number of ether oxygens (including phenoxy) is 1. The first-order valence-corrected chi connectivity index (χ1v) is 6.75. The molecule has 0 amide bonds. The van der Waals surface area contributed by atoms with Gasteiger partial charge in [0.15, 0.2) is 0 Å². The zero-order valence-electron chi connectivity index (χ0n) is 12.3. The van der Waals surface area contributed by atoms with E-state index in [1.807, 2.05) is 6.08 Å². The van der Waals surface area contributed by atoms with Crippen molar-refractivity contribution < 1.29 is 19.1 Å². The number of aryl methyl sites for hydroxylation is 1. The number of hydrogen-bond acceptors (Lipinski definition) is 4. The summed E-state index contributed by atoms with van der Waals surface area (Å²) in [5, 5.41) is 10.5. The summed E-state index contributed by atoms with van der Waals surface area (Å²) >= 11 is 0. The molecular weight excluding hydrogens is 256 g/mol. The Morgan fingerprint density at radius 2 is 2.30 bits per heavy atom. The van der Waals surface area contributed by atoms with Crippen LogP contribution < -0.4 is 0 Å². The van der Waals surface area contributed by atoms with E-state index in [4.69, 9.17) is 9.15 Å². The molecule has 20 heavy (non-hydrogen) atoms. The van der Waals surface area contributed by atoms with Crippen molar-refractivity contribution in [2.24, 2.45) is 5.92 Å². The molecule has 4 heteroatoms. The van der Waals surface area contributed by atoms with E-state index in [1.54, 1.807) is 26.8 Å². The molecule has 0 aliphatic heterocycles. The van der Waals surface area contributed by atoms with Crippen LogP contribution in [-0.4, -0.2) is 23.8 Å². The minimum absolute atomic E-state index is 0.172. The van der Waals surface area contributed by atoms with Gasteiger partial charge >= 0.3 is 5.97 Å². The van der Waals surface area contributed by atoms with Crippen molar-refractivity contribution in [3.8, 4) is 0 Å². The van der Waals surface area contributed by atoms with Gasteiger partial charge < -0.3 is 14.3 Å². The van der Waals surface area contributed by atoms with E-state index in [-0.39, 0.29) is 11.8 Å². The number of rotatable bonds is 4. The van der Waals surface area contributed by atoms with Crippen molar-refractivity contribution in [3.05, 3.63) is 41.7 Å². The van der Waals surface area contributed by atoms with E-state index in [9.17, 15) is 9.90 Å². The quantitative estimate of drug-likeness (QED) is 0.679. The highest BCUT2D eigenvalue weighted by Gasteiger charge is 2.41. The number of hydrogen-bond donors (Lipinski definition) is 1. The predicted octanol–water partition coefficient (Wildman–Crippen LogP) is 3.01. The van der Waals surface area contributed by atoms with Crippen LogP contribution in [0.5, 0.6) is 0 Å². The van der Waals surface area contributed by atoms with Crippen LogP contribution >= 0.6 is 0 Å². The van der Waals surface area contributed by atoms with Crippen molar-refractivity contribution in [2.75, 3.05) is 7.11 Å². The largest absolute Gasteiger partial charge is 0.465 e. The van der Waals surface area contributed by atoms with Gasteiger partial charge in [-0.2, -0.15) is 0 Å². The van der Waals surface area contributed by atoms with Crippen molar-refractivity contribution in [1.29, 1.82) is 0 Å². The second-order valence-corrected chi connectivity index (χ2v) is 5.76. The van der Waals surface area contributed by atoms with Gasteiger partial charge in [-0.25, -0.2) is 4.79 Å². The maximum absolute atomic E-state index is 11.7. The lowest BCUT2D eigenvalue weighted by Gasteiger charge is -2.29. The molecule has 1 N–H and O–H groups in total. The summed E-state index contributed by atoms with van der Waals surface area (Å²) in [5.41, 5.74) is -0.520. The van der Waals surface area contributed by atoms with Gasteiger partial charge in [0.2, 0.25) is 0 Å². The maximum atomic E-state index is 11.7. The molecule has 1 aliphatic rings. The Morgan fingerprint density at radius 1 is 1.60 bits per heavy atom. The summed E-state index contributed by atoms with van der Waals surface area (Å²) in [6.07, 6.45) is 7.00. The van der Waals surface area contributed by atoms with Crippen molar-refractivity contribution in [3.63, 3.8) is 0 Å². The molecule has 0 fully saturated rings. The Balaban J connectivity index is 2.39. The van der Waals surface area contributed by atoms with Crippen LogP contribution in [0.3, 0.4) is 0 Å².